The molecule has 0 heterocycles. The van der Waals surface area contributed by atoms with Crippen molar-refractivity contribution in [3.05, 3.63) is 68.7 Å². The predicted molar refractivity (Wildman–Crippen MR) is 86.5 cm³/mol. The fourth-order valence-electron chi connectivity index (χ4n) is 2.07. The van der Waals surface area contributed by atoms with E-state index in [9.17, 15) is 20.0 Å². The zero-order valence-electron chi connectivity index (χ0n) is 11.9. The van der Waals surface area contributed by atoms with E-state index in [0.29, 0.717) is 16.3 Å². The van der Waals surface area contributed by atoms with Crippen LogP contribution in [0.1, 0.15) is 22.0 Å². The molecule has 4 N–H and O–H groups in total. The van der Waals surface area contributed by atoms with Crippen LogP contribution in [0.5, 0.6) is 0 Å². The van der Waals surface area contributed by atoms with E-state index in [1.807, 2.05) is 0 Å². The van der Waals surface area contributed by atoms with Gasteiger partial charge in [0, 0.05) is 35.0 Å². The summed E-state index contributed by atoms with van der Waals surface area (Å²) in [4.78, 5) is 21.6. The Labute approximate surface area is 136 Å². The summed E-state index contributed by atoms with van der Waals surface area (Å²) >= 11 is 6.00. The first-order valence-electron chi connectivity index (χ1n) is 6.64. The number of nitrogens with one attached hydrogen (secondary N) is 1. The van der Waals surface area contributed by atoms with E-state index in [-0.39, 0.29) is 17.8 Å². The summed E-state index contributed by atoms with van der Waals surface area (Å²) in [5.41, 5.74) is 5.81. The highest BCUT2D eigenvalue weighted by Crippen LogP contribution is 2.25. The van der Waals surface area contributed by atoms with E-state index in [4.69, 9.17) is 17.3 Å². The Hall–Kier alpha value is -2.64. The average Bonchev–Trinajstić information content (AvgIpc) is 2.52. The molecule has 1 atom stereocenters. The smallest absolute Gasteiger partial charge is 0.270 e. The highest BCUT2D eigenvalue weighted by Gasteiger charge is 2.16. The quantitative estimate of drug-likeness (QED) is 0.553. The lowest BCUT2D eigenvalue weighted by Gasteiger charge is -2.15. The number of nitro benzene ring substituents is 1. The molecule has 0 spiro atoms. The van der Waals surface area contributed by atoms with Gasteiger partial charge in [-0.1, -0.05) is 29.8 Å². The number of carbonyl (C=O) groups is 1. The molecule has 23 heavy (non-hydrogen) atoms. The standard InChI is InChI=1S/C15H14ClN3O4/c16-12-4-2-1-3-10(12)14(20)8-18-13-6-5-9(19(22)23)7-11(13)15(17)21/h1-7,14,18,20H,8H2,(H2,17,21). The van der Waals surface area contributed by atoms with E-state index in [1.165, 1.54) is 12.1 Å². The maximum atomic E-state index is 11.4. The Morgan fingerprint density at radius 3 is 2.65 bits per heavy atom. The summed E-state index contributed by atoms with van der Waals surface area (Å²) in [7, 11) is 0. The molecule has 0 bridgehead atoms. The summed E-state index contributed by atoms with van der Waals surface area (Å²) in [6.07, 6.45) is -0.917. The second-order valence-corrected chi connectivity index (χ2v) is 5.18. The molecule has 7 nitrogen and oxygen atoms in total. The average molecular weight is 336 g/mol. The van der Waals surface area contributed by atoms with Gasteiger partial charge in [-0.25, -0.2) is 0 Å². The number of benzene rings is 2. The molecule has 0 fully saturated rings. The lowest BCUT2D eigenvalue weighted by molar-refractivity contribution is -0.384. The molecule has 0 saturated heterocycles. The molecule has 0 aliphatic heterocycles. The molecule has 1 amide bonds. The van der Waals surface area contributed by atoms with Gasteiger partial charge in [0.15, 0.2) is 0 Å². The van der Waals surface area contributed by atoms with E-state index in [2.05, 4.69) is 5.32 Å². The Kier molecular flexibility index (Phi) is 5.15. The maximum Gasteiger partial charge on any atom is 0.270 e. The summed E-state index contributed by atoms with van der Waals surface area (Å²) in [5, 5.41) is 24.2. The van der Waals surface area contributed by atoms with Crippen LogP contribution in [0, 0.1) is 10.1 Å². The van der Waals surface area contributed by atoms with E-state index < -0.39 is 16.9 Å². The fourth-order valence-corrected chi connectivity index (χ4v) is 2.33. The normalized spacial score (nSPS) is 11.7. The van der Waals surface area contributed by atoms with E-state index in [0.717, 1.165) is 6.07 Å². The SMILES string of the molecule is NC(=O)c1cc([N+](=O)[O-])ccc1NCC(O)c1ccccc1Cl. The Morgan fingerprint density at radius 1 is 1.35 bits per heavy atom. The van der Waals surface area contributed by atoms with Crippen LogP contribution >= 0.6 is 11.6 Å². The van der Waals surface area contributed by atoms with Gasteiger partial charge in [-0.05, 0) is 12.1 Å². The zero-order chi connectivity index (χ0) is 17.0. The molecular formula is C15H14ClN3O4. The van der Waals surface area contributed by atoms with Crippen LogP contribution in [0.3, 0.4) is 0 Å². The summed E-state index contributed by atoms with van der Waals surface area (Å²) in [6.45, 7) is 0.0574. The van der Waals surface area contributed by atoms with Gasteiger partial charge in [-0.3, -0.25) is 14.9 Å². The van der Waals surface area contributed by atoms with Gasteiger partial charge in [0.05, 0.1) is 16.6 Å². The number of rotatable bonds is 6. The van der Waals surface area contributed by atoms with Gasteiger partial charge in [0.25, 0.3) is 11.6 Å². The van der Waals surface area contributed by atoms with Crippen LogP contribution in [-0.2, 0) is 0 Å². The lowest BCUT2D eigenvalue weighted by atomic mass is 10.1. The van der Waals surface area contributed by atoms with Crippen LogP contribution in [0.15, 0.2) is 42.5 Å². The third kappa shape index (κ3) is 3.97. The van der Waals surface area contributed by atoms with E-state index in [1.54, 1.807) is 24.3 Å². The molecule has 0 aromatic heterocycles. The number of hydrogen-bond acceptors (Lipinski definition) is 5. The van der Waals surface area contributed by atoms with Gasteiger partial charge in [0.2, 0.25) is 0 Å². The van der Waals surface area contributed by atoms with Crippen LogP contribution < -0.4 is 11.1 Å². The van der Waals surface area contributed by atoms with Gasteiger partial charge in [0.1, 0.15) is 0 Å². The lowest BCUT2D eigenvalue weighted by Crippen LogP contribution is -2.18. The highest BCUT2D eigenvalue weighted by molar-refractivity contribution is 6.31. The van der Waals surface area contributed by atoms with E-state index >= 15 is 0 Å². The molecule has 0 aliphatic carbocycles. The number of halogens is 1. The van der Waals surface area contributed by atoms with Crippen LogP contribution in [-0.4, -0.2) is 22.5 Å². The number of primary amides is 1. The minimum atomic E-state index is -0.917. The van der Waals surface area contributed by atoms with Crippen LogP contribution in [0.25, 0.3) is 0 Å². The summed E-state index contributed by atoms with van der Waals surface area (Å²) < 4.78 is 0. The van der Waals surface area contributed by atoms with Crippen molar-refractivity contribution in [1.82, 2.24) is 0 Å². The predicted octanol–water partition coefficient (Wildman–Crippen LogP) is 2.49. The van der Waals surface area contributed by atoms with Gasteiger partial charge >= 0.3 is 0 Å². The van der Waals surface area contributed by atoms with Crippen molar-refractivity contribution >= 4 is 28.9 Å². The van der Waals surface area contributed by atoms with Crippen molar-refractivity contribution in [2.24, 2.45) is 5.73 Å². The number of hydrogen-bond donors (Lipinski definition) is 3. The van der Waals surface area contributed by atoms with Crippen molar-refractivity contribution < 1.29 is 14.8 Å². The van der Waals surface area contributed by atoms with Crippen molar-refractivity contribution in [2.45, 2.75) is 6.10 Å². The maximum absolute atomic E-state index is 11.4. The van der Waals surface area contributed by atoms with Crippen LogP contribution in [0.4, 0.5) is 11.4 Å². The molecular weight excluding hydrogens is 322 g/mol. The molecule has 0 saturated carbocycles. The zero-order valence-corrected chi connectivity index (χ0v) is 12.7. The topological polar surface area (TPSA) is 118 Å². The number of non-ortho nitro benzene ring substituents is 1. The number of nitro groups is 1. The number of aliphatic hydroxyl groups is 1. The van der Waals surface area contributed by atoms with Gasteiger partial charge < -0.3 is 16.2 Å². The second-order valence-electron chi connectivity index (χ2n) is 4.77. The minimum absolute atomic E-state index is 0.0226. The van der Waals surface area contributed by atoms with Crippen LogP contribution in [0.2, 0.25) is 5.02 Å². The molecule has 2 rings (SSSR count). The second kappa shape index (κ2) is 7.08. The molecule has 1 unspecified atom stereocenters. The fraction of sp³-hybridized carbons (Fsp3) is 0.133. The first-order valence-corrected chi connectivity index (χ1v) is 7.02. The van der Waals surface area contributed by atoms with Crippen molar-refractivity contribution in [1.29, 1.82) is 0 Å². The molecule has 120 valence electrons. The number of aliphatic hydroxyl groups excluding tert-OH is 1. The highest BCUT2D eigenvalue weighted by atomic mass is 35.5. The first-order chi connectivity index (χ1) is 10.9. The molecule has 2 aromatic carbocycles. The molecule has 0 radical (unpaired) electrons. The Morgan fingerprint density at radius 2 is 2.04 bits per heavy atom. The number of anilines is 1. The Bertz CT molecular complexity index is 751. The number of carbonyl (C=O) groups excluding carboxylic acids is 1. The third-order valence-corrected chi connectivity index (χ3v) is 3.57. The largest absolute Gasteiger partial charge is 0.387 e. The van der Waals surface area contributed by atoms with Gasteiger partial charge in [-0.15, -0.1) is 0 Å². The summed E-state index contributed by atoms with van der Waals surface area (Å²) in [5.74, 6) is -0.802. The third-order valence-electron chi connectivity index (χ3n) is 3.23. The molecule has 2 aromatic rings. The number of amides is 1. The molecule has 0 aliphatic rings. The number of nitrogens with zero attached hydrogens (tertiary/aromatic N) is 1. The monoisotopic (exact) mass is 335 g/mol. The number of nitrogens with two attached hydrogens (primary N) is 1. The summed E-state index contributed by atoms with van der Waals surface area (Å²) in [6, 6.07) is 10.5. The molecule has 8 heteroatoms. The Balaban J connectivity index is 2.18. The minimum Gasteiger partial charge on any atom is -0.387 e. The van der Waals surface area contributed by atoms with Crippen molar-refractivity contribution in [2.75, 3.05) is 11.9 Å². The van der Waals surface area contributed by atoms with Crippen molar-refractivity contribution in [3.8, 4) is 0 Å². The van der Waals surface area contributed by atoms with Gasteiger partial charge in [-0.2, -0.15) is 0 Å². The first kappa shape index (κ1) is 16.7. The van der Waals surface area contributed by atoms with Crippen molar-refractivity contribution in [3.63, 3.8) is 0 Å².